The fraction of sp³-hybridized carbons (Fsp3) is 0. The van der Waals surface area contributed by atoms with E-state index in [-0.39, 0.29) is 5.75 Å². The molecule has 0 aliphatic heterocycles. The van der Waals surface area contributed by atoms with Crippen LogP contribution in [0.2, 0.25) is 0 Å². The number of hydrogen-bond acceptors (Lipinski definition) is 4. The maximum absolute atomic E-state index is 9.92. The first-order chi connectivity index (χ1) is 8.65. The first-order valence-electron chi connectivity index (χ1n) is 5.24. The molecule has 0 fully saturated rings. The quantitative estimate of drug-likeness (QED) is 0.476. The molecule has 90 valence electrons. The topological polar surface area (TPSA) is 87.8 Å². The van der Waals surface area contributed by atoms with Crippen LogP contribution in [0.1, 0.15) is 0 Å². The van der Waals surface area contributed by atoms with E-state index in [2.05, 4.69) is 30.9 Å². The minimum atomic E-state index is 0.0237. The third-order valence-electron chi connectivity index (χ3n) is 2.63. The maximum Gasteiger partial charge on any atom is 0.178 e. The summed E-state index contributed by atoms with van der Waals surface area (Å²) in [6.07, 6.45) is 1.67. The molecule has 18 heavy (non-hydrogen) atoms. The zero-order chi connectivity index (χ0) is 12.7. The summed E-state index contributed by atoms with van der Waals surface area (Å²) >= 11 is 3.34. The number of nitrogens with one attached hydrogen (secondary N) is 1. The first-order valence-corrected chi connectivity index (χ1v) is 6.03. The fourth-order valence-electron chi connectivity index (χ4n) is 1.75. The molecule has 2 heterocycles. The van der Waals surface area contributed by atoms with Crippen LogP contribution in [0.4, 0.5) is 5.69 Å². The number of phenols is 1. The number of para-hydroxylation sites is 1. The van der Waals surface area contributed by atoms with Crippen LogP contribution in [0.15, 0.2) is 34.9 Å². The van der Waals surface area contributed by atoms with E-state index in [1.807, 2.05) is 6.07 Å². The molecule has 1 aromatic carbocycles. The monoisotopic (exact) mass is 304 g/mol. The lowest BCUT2D eigenvalue weighted by Gasteiger charge is -2.03. The van der Waals surface area contributed by atoms with E-state index >= 15 is 0 Å². The summed E-state index contributed by atoms with van der Waals surface area (Å²) in [5, 5.41) is 9.92. The Morgan fingerprint density at radius 3 is 3.00 bits per heavy atom. The highest BCUT2D eigenvalue weighted by molar-refractivity contribution is 9.10. The van der Waals surface area contributed by atoms with Crippen LogP contribution < -0.4 is 5.73 Å². The van der Waals surface area contributed by atoms with Crippen molar-refractivity contribution in [3.8, 4) is 17.1 Å². The molecule has 3 aromatic rings. The average Bonchev–Trinajstić information content (AvgIpc) is 2.75. The van der Waals surface area contributed by atoms with Gasteiger partial charge in [0, 0.05) is 10.7 Å². The molecule has 0 unspecified atom stereocenters. The van der Waals surface area contributed by atoms with E-state index < -0.39 is 0 Å². The zero-order valence-electron chi connectivity index (χ0n) is 9.18. The van der Waals surface area contributed by atoms with E-state index in [0.717, 1.165) is 9.99 Å². The van der Waals surface area contributed by atoms with E-state index in [0.29, 0.717) is 22.7 Å². The van der Waals surface area contributed by atoms with Crippen LogP contribution in [-0.4, -0.2) is 20.1 Å². The molecular weight excluding hydrogens is 296 g/mol. The zero-order valence-corrected chi connectivity index (χ0v) is 10.8. The molecule has 0 saturated heterocycles. The summed E-state index contributed by atoms with van der Waals surface area (Å²) in [4.78, 5) is 11.6. The second-order valence-electron chi connectivity index (χ2n) is 3.85. The summed E-state index contributed by atoms with van der Waals surface area (Å²) < 4.78 is 0.863. The molecule has 0 spiro atoms. The van der Waals surface area contributed by atoms with Crippen molar-refractivity contribution < 1.29 is 5.11 Å². The maximum atomic E-state index is 9.92. The van der Waals surface area contributed by atoms with Crippen LogP contribution in [0.5, 0.6) is 5.75 Å². The van der Waals surface area contributed by atoms with Gasteiger partial charge in [0.05, 0.1) is 16.8 Å². The largest absolute Gasteiger partial charge is 0.505 e. The Labute approximate surface area is 111 Å². The number of benzene rings is 1. The van der Waals surface area contributed by atoms with Crippen LogP contribution in [0, 0.1) is 0 Å². The standard InChI is InChI=1S/C12H9BrN4O/c13-6-4-9-12(15-5-6)17-11(16-9)7-2-1-3-8(14)10(7)18/h1-5,18H,14H2,(H,15,16,17). The van der Waals surface area contributed by atoms with Crippen molar-refractivity contribution in [3.05, 3.63) is 34.9 Å². The van der Waals surface area contributed by atoms with Gasteiger partial charge in [-0.2, -0.15) is 0 Å². The number of rotatable bonds is 1. The van der Waals surface area contributed by atoms with Crippen molar-refractivity contribution in [2.24, 2.45) is 0 Å². The van der Waals surface area contributed by atoms with Gasteiger partial charge in [0.25, 0.3) is 0 Å². The number of H-pyrrole nitrogens is 1. The van der Waals surface area contributed by atoms with Gasteiger partial charge in [-0.3, -0.25) is 0 Å². The van der Waals surface area contributed by atoms with Crippen LogP contribution >= 0.6 is 15.9 Å². The molecule has 0 aliphatic carbocycles. The number of nitrogen functional groups attached to an aromatic ring is 1. The normalized spacial score (nSPS) is 10.9. The molecule has 0 atom stereocenters. The summed E-state index contributed by atoms with van der Waals surface area (Å²) in [6, 6.07) is 7.03. The third kappa shape index (κ3) is 1.70. The summed E-state index contributed by atoms with van der Waals surface area (Å²) in [5.41, 5.74) is 7.93. The van der Waals surface area contributed by atoms with E-state index in [4.69, 9.17) is 5.73 Å². The highest BCUT2D eigenvalue weighted by Crippen LogP contribution is 2.32. The van der Waals surface area contributed by atoms with Gasteiger partial charge >= 0.3 is 0 Å². The Morgan fingerprint density at radius 1 is 1.33 bits per heavy atom. The van der Waals surface area contributed by atoms with Gasteiger partial charge in [0.15, 0.2) is 5.65 Å². The highest BCUT2D eigenvalue weighted by Gasteiger charge is 2.11. The molecule has 0 aliphatic rings. The minimum absolute atomic E-state index is 0.0237. The van der Waals surface area contributed by atoms with Crippen molar-refractivity contribution in [1.82, 2.24) is 15.0 Å². The van der Waals surface area contributed by atoms with Crippen molar-refractivity contribution in [2.75, 3.05) is 5.73 Å². The van der Waals surface area contributed by atoms with Crippen molar-refractivity contribution in [1.29, 1.82) is 0 Å². The highest BCUT2D eigenvalue weighted by atomic mass is 79.9. The lowest BCUT2D eigenvalue weighted by atomic mass is 10.1. The molecule has 0 saturated carbocycles. The molecule has 3 rings (SSSR count). The number of halogens is 1. The Hall–Kier alpha value is -2.08. The molecule has 5 nitrogen and oxygen atoms in total. The molecule has 0 radical (unpaired) electrons. The Morgan fingerprint density at radius 2 is 2.17 bits per heavy atom. The smallest absolute Gasteiger partial charge is 0.178 e. The molecule has 2 aromatic heterocycles. The van der Waals surface area contributed by atoms with Crippen molar-refractivity contribution >= 4 is 32.8 Å². The average molecular weight is 305 g/mol. The Bertz CT molecular complexity index is 738. The summed E-state index contributed by atoms with van der Waals surface area (Å²) in [6.45, 7) is 0. The van der Waals surface area contributed by atoms with Crippen molar-refractivity contribution in [2.45, 2.75) is 0 Å². The second kappa shape index (κ2) is 3.99. The minimum Gasteiger partial charge on any atom is -0.505 e. The lowest BCUT2D eigenvalue weighted by Crippen LogP contribution is -1.88. The first kappa shape index (κ1) is 11.0. The molecule has 6 heteroatoms. The number of nitrogens with zero attached hydrogens (tertiary/aromatic N) is 2. The number of anilines is 1. The number of aromatic nitrogens is 3. The van der Waals surface area contributed by atoms with Crippen LogP contribution in [-0.2, 0) is 0 Å². The third-order valence-corrected chi connectivity index (χ3v) is 3.06. The van der Waals surface area contributed by atoms with E-state index in [1.165, 1.54) is 0 Å². The van der Waals surface area contributed by atoms with Crippen LogP contribution in [0.3, 0.4) is 0 Å². The lowest BCUT2D eigenvalue weighted by molar-refractivity contribution is 0.479. The number of fused-ring (bicyclic) bond motifs is 1. The summed E-state index contributed by atoms with van der Waals surface area (Å²) in [7, 11) is 0. The number of aromatic hydroxyl groups is 1. The van der Waals surface area contributed by atoms with Crippen molar-refractivity contribution in [3.63, 3.8) is 0 Å². The Kier molecular flexibility index (Phi) is 2.45. The predicted octanol–water partition coefficient (Wildman–Crippen LogP) is 2.68. The second-order valence-corrected chi connectivity index (χ2v) is 4.77. The fourth-order valence-corrected chi connectivity index (χ4v) is 2.09. The van der Waals surface area contributed by atoms with Gasteiger partial charge in [-0.05, 0) is 34.1 Å². The Balaban J connectivity index is 2.22. The van der Waals surface area contributed by atoms with E-state index in [1.54, 1.807) is 24.4 Å². The van der Waals surface area contributed by atoms with Gasteiger partial charge in [-0.25, -0.2) is 9.97 Å². The molecule has 0 bridgehead atoms. The van der Waals surface area contributed by atoms with Gasteiger partial charge in [-0.1, -0.05) is 6.07 Å². The van der Waals surface area contributed by atoms with Gasteiger partial charge in [0.1, 0.15) is 11.6 Å². The number of nitrogens with two attached hydrogens (primary N) is 1. The predicted molar refractivity (Wildman–Crippen MR) is 73.1 cm³/mol. The molecule has 0 amide bonds. The number of pyridine rings is 1. The molecular formula is C12H9BrN4O. The van der Waals surface area contributed by atoms with Crippen LogP contribution in [0.25, 0.3) is 22.6 Å². The van der Waals surface area contributed by atoms with E-state index in [9.17, 15) is 5.11 Å². The number of phenolic OH excluding ortho intramolecular Hbond substituents is 1. The molecule has 4 N–H and O–H groups in total. The number of imidazole rings is 1. The van der Waals surface area contributed by atoms with Gasteiger partial charge in [0.2, 0.25) is 0 Å². The van der Waals surface area contributed by atoms with Gasteiger partial charge < -0.3 is 15.8 Å². The SMILES string of the molecule is Nc1cccc(-c2nc3ncc(Br)cc3[nH]2)c1O. The number of hydrogen-bond donors (Lipinski definition) is 3. The number of aromatic amines is 1. The summed E-state index contributed by atoms with van der Waals surface area (Å²) in [5.74, 6) is 0.566. The van der Waals surface area contributed by atoms with Gasteiger partial charge in [-0.15, -0.1) is 0 Å².